The maximum absolute atomic E-state index is 13.5. The molecule has 0 saturated carbocycles. The number of hydrogen-bond acceptors (Lipinski definition) is 2. The lowest BCUT2D eigenvalue weighted by Crippen LogP contribution is -2.27. The van der Waals surface area contributed by atoms with Crippen LogP contribution in [0.3, 0.4) is 0 Å². The van der Waals surface area contributed by atoms with Crippen molar-refractivity contribution in [3.8, 4) is 0 Å². The summed E-state index contributed by atoms with van der Waals surface area (Å²) in [4.78, 5) is 14.2. The molecule has 1 aliphatic rings. The van der Waals surface area contributed by atoms with Gasteiger partial charge in [-0.2, -0.15) is 0 Å². The summed E-state index contributed by atoms with van der Waals surface area (Å²) in [6.07, 6.45) is 0. The number of anilines is 1. The molecule has 2 nitrogen and oxygen atoms in total. The molecule has 23 heavy (non-hydrogen) atoms. The quantitative estimate of drug-likeness (QED) is 0.678. The predicted octanol–water partition coefficient (Wildman–Crippen LogP) is 4.76. The van der Waals surface area contributed by atoms with Gasteiger partial charge in [-0.3, -0.25) is 9.69 Å². The molecular weight excluding hydrogens is 309 g/mol. The summed E-state index contributed by atoms with van der Waals surface area (Å²) in [5.74, 6) is 0.189. The minimum absolute atomic E-state index is 0.0551. The molecule has 4 rings (SSSR count). The summed E-state index contributed by atoms with van der Waals surface area (Å²) in [5.41, 5.74) is 1.67. The van der Waals surface area contributed by atoms with Crippen molar-refractivity contribution in [2.24, 2.45) is 0 Å². The normalized spacial score (nSPS) is 17.9. The monoisotopic (exact) mass is 323 g/mol. The first-order valence-corrected chi connectivity index (χ1v) is 8.45. The minimum atomic E-state index is -0.277. The summed E-state index contributed by atoms with van der Waals surface area (Å²) in [5, 5.41) is 2.05. The van der Waals surface area contributed by atoms with Crippen molar-refractivity contribution in [3.63, 3.8) is 0 Å². The van der Waals surface area contributed by atoms with Crippen molar-refractivity contribution in [1.82, 2.24) is 0 Å². The molecule has 0 spiro atoms. The Morgan fingerprint density at radius 1 is 0.957 bits per heavy atom. The van der Waals surface area contributed by atoms with E-state index in [0.29, 0.717) is 5.75 Å². The fourth-order valence-electron chi connectivity index (χ4n) is 2.94. The summed E-state index contributed by atoms with van der Waals surface area (Å²) >= 11 is 1.53. The molecule has 1 aliphatic heterocycles. The van der Waals surface area contributed by atoms with Gasteiger partial charge >= 0.3 is 0 Å². The van der Waals surface area contributed by atoms with Gasteiger partial charge in [0.25, 0.3) is 0 Å². The summed E-state index contributed by atoms with van der Waals surface area (Å²) < 4.78 is 13.5. The molecule has 0 bridgehead atoms. The van der Waals surface area contributed by atoms with Gasteiger partial charge in [-0.15, -0.1) is 11.8 Å². The average Bonchev–Trinajstić information content (AvgIpc) is 2.96. The topological polar surface area (TPSA) is 20.3 Å². The highest BCUT2D eigenvalue weighted by atomic mass is 32.2. The highest BCUT2D eigenvalue weighted by Gasteiger charge is 2.34. The zero-order valence-electron chi connectivity index (χ0n) is 12.3. The predicted molar refractivity (Wildman–Crippen MR) is 93.0 cm³/mol. The molecule has 1 atom stereocenters. The van der Waals surface area contributed by atoms with Crippen LogP contribution in [-0.2, 0) is 4.79 Å². The van der Waals surface area contributed by atoms with Crippen LogP contribution < -0.4 is 4.90 Å². The van der Waals surface area contributed by atoms with E-state index in [1.54, 1.807) is 11.0 Å². The number of amides is 1. The van der Waals surface area contributed by atoms with Crippen molar-refractivity contribution in [2.45, 2.75) is 5.37 Å². The van der Waals surface area contributed by atoms with Gasteiger partial charge in [0.2, 0.25) is 5.91 Å². The Labute approximate surface area is 137 Å². The Morgan fingerprint density at radius 2 is 1.78 bits per heavy atom. The van der Waals surface area contributed by atoms with Crippen LogP contribution in [0.25, 0.3) is 10.8 Å². The summed E-state index contributed by atoms with van der Waals surface area (Å²) in [6.45, 7) is 0. The number of carbonyl (C=O) groups excluding carboxylic acids is 1. The van der Waals surface area contributed by atoms with E-state index in [2.05, 4.69) is 0 Å². The number of halogens is 1. The standard InChI is InChI=1S/C19H14FNOS/c20-16-7-3-6-15(10-16)19-21(18(22)12-23-19)17-9-8-13-4-1-2-5-14(13)11-17/h1-11,19H,12H2. The second-order valence-corrected chi connectivity index (χ2v) is 6.58. The molecule has 1 heterocycles. The van der Waals surface area contributed by atoms with E-state index in [4.69, 9.17) is 0 Å². The molecule has 114 valence electrons. The maximum atomic E-state index is 13.5. The molecule has 1 fully saturated rings. The average molecular weight is 323 g/mol. The third-order valence-electron chi connectivity index (χ3n) is 4.01. The first-order valence-electron chi connectivity index (χ1n) is 7.40. The van der Waals surface area contributed by atoms with Crippen LogP contribution >= 0.6 is 11.8 Å². The Bertz CT molecular complexity index is 895. The van der Waals surface area contributed by atoms with Gasteiger partial charge in [0.05, 0.1) is 5.75 Å². The summed E-state index contributed by atoms with van der Waals surface area (Å²) in [7, 11) is 0. The highest BCUT2D eigenvalue weighted by molar-refractivity contribution is 8.00. The van der Waals surface area contributed by atoms with E-state index in [0.717, 1.165) is 22.0 Å². The Hall–Kier alpha value is -2.33. The van der Waals surface area contributed by atoms with Crippen LogP contribution in [0.1, 0.15) is 10.9 Å². The second kappa shape index (κ2) is 5.70. The number of nitrogens with zero attached hydrogens (tertiary/aromatic N) is 1. The lowest BCUT2D eigenvalue weighted by molar-refractivity contribution is -0.115. The first kappa shape index (κ1) is 14.3. The smallest absolute Gasteiger partial charge is 0.238 e. The van der Waals surface area contributed by atoms with E-state index in [1.165, 1.54) is 23.9 Å². The van der Waals surface area contributed by atoms with Crippen molar-refractivity contribution < 1.29 is 9.18 Å². The lowest BCUT2D eigenvalue weighted by Gasteiger charge is -2.24. The molecule has 4 heteroatoms. The molecule has 1 amide bonds. The van der Waals surface area contributed by atoms with E-state index >= 15 is 0 Å². The van der Waals surface area contributed by atoms with Gasteiger partial charge in [0.15, 0.2) is 0 Å². The summed E-state index contributed by atoms with van der Waals surface area (Å²) in [6, 6.07) is 20.5. The molecule has 0 aromatic heterocycles. The van der Waals surface area contributed by atoms with E-state index in [9.17, 15) is 9.18 Å². The van der Waals surface area contributed by atoms with Gasteiger partial charge in [-0.05, 0) is 40.6 Å². The maximum Gasteiger partial charge on any atom is 0.238 e. The number of benzene rings is 3. The number of carbonyl (C=O) groups is 1. The van der Waals surface area contributed by atoms with Crippen LogP contribution in [0, 0.1) is 5.82 Å². The van der Waals surface area contributed by atoms with Crippen LogP contribution in [0.15, 0.2) is 66.7 Å². The third-order valence-corrected chi connectivity index (χ3v) is 5.23. The van der Waals surface area contributed by atoms with E-state index in [1.807, 2.05) is 48.5 Å². The zero-order valence-corrected chi connectivity index (χ0v) is 13.1. The number of fused-ring (bicyclic) bond motifs is 1. The SMILES string of the molecule is O=C1CSC(c2cccc(F)c2)N1c1ccc2ccccc2c1. The van der Waals surface area contributed by atoms with Gasteiger partial charge in [-0.25, -0.2) is 4.39 Å². The number of hydrogen-bond donors (Lipinski definition) is 0. The highest BCUT2D eigenvalue weighted by Crippen LogP contribution is 2.42. The van der Waals surface area contributed by atoms with Crippen molar-refractivity contribution >= 4 is 34.1 Å². The zero-order chi connectivity index (χ0) is 15.8. The van der Waals surface area contributed by atoms with Crippen LogP contribution in [0.4, 0.5) is 10.1 Å². The van der Waals surface area contributed by atoms with Crippen molar-refractivity contribution in [3.05, 3.63) is 78.1 Å². The molecule has 1 saturated heterocycles. The fourth-order valence-corrected chi connectivity index (χ4v) is 4.10. The van der Waals surface area contributed by atoms with Crippen LogP contribution in [0.2, 0.25) is 0 Å². The molecule has 3 aromatic rings. The van der Waals surface area contributed by atoms with Crippen molar-refractivity contribution in [2.75, 3.05) is 10.7 Å². The van der Waals surface area contributed by atoms with Gasteiger partial charge in [-0.1, -0.05) is 42.5 Å². The Balaban J connectivity index is 1.78. The largest absolute Gasteiger partial charge is 0.295 e. The Morgan fingerprint density at radius 3 is 2.61 bits per heavy atom. The van der Waals surface area contributed by atoms with E-state index in [-0.39, 0.29) is 17.1 Å². The van der Waals surface area contributed by atoms with Crippen LogP contribution in [0.5, 0.6) is 0 Å². The molecule has 0 radical (unpaired) electrons. The van der Waals surface area contributed by atoms with Gasteiger partial charge in [0, 0.05) is 5.69 Å². The fraction of sp³-hybridized carbons (Fsp3) is 0.105. The molecule has 3 aromatic carbocycles. The van der Waals surface area contributed by atoms with Gasteiger partial charge in [0.1, 0.15) is 11.2 Å². The van der Waals surface area contributed by atoms with Crippen LogP contribution in [-0.4, -0.2) is 11.7 Å². The first-order chi connectivity index (χ1) is 11.2. The lowest BCUT2D eigenvalue weighted by atomic mass is 10.1. The number of rotatable bonds is 2. The minimum Gasteiger partial charge on any atom is -0.295 e. The molecular formula is C19H14FNOS. The second-order valence-electron chi connectivity index (χ2n) is 5.51. The molecule has 1 unspecified atom stereocenters. The third kappa shape index (κ3) is 2.59. The number of thioether (sulfide) groups is 1. The molecule has 0 N–H and O–H groups in total. The Kier molecular flexibility index (Phi) is 3.54. The van der Waals surface area contributed by atoms with Crippen molar-refractivity contribution in [1.29, 1.82) is 0 Å². The van der Waals surface area contributed by atoms with E-state index < -0.39 is 0 Å². The molecule has 0 aliphatic carbocycles. The van der Waals surface area contributed by atoms with Gasteiger partial charge < -0.3 is 0 Å².